The van der Waals surface area contributed by atoms with Gasteiger partial charge in [0.15, 0.2) is 0 Å². The molecule has 3 nitrogen and oxygen atoms in total. The number of aliphatic hydroxyl groups is 1. The van der Waals surface area contributed by atoms with E-state index in [0.717, 1.165) is 0 Å². The molecule has 0 aliphatic carbocycles. The van der Waals surface area contributed by atoms with Crippen LogP contribution in [0.5, 0.6) is 0 Å². The highest BCUT2D eigenvalue weighted by Crippen LogP contribution is 1.92. The summed E-state index contributed by atoms with van der Waals surface area (Å²) in [4.78, 5) is 9.65. The van der Waals surface area contributed by atoms with Crippen molar-refractivity contribution in [2.24, 2.45) is 0 Å². The molecule has 0 aromatic heterocycles. The van der Waals surface area contributed by atoms with Crippen LogP contribution in [0.15, 0.2) is 30.3 Å². The van der Waals surface area contributed by atoms with Crippen LogP contribution in [0.3, 0.4) is 0 Å². The highest BCUT2D eigenvalue weighted by molar-refractivity contribution is 5.66. The van der Waals surface area contributed by atoms with Gasteiger partial charge in [-0.1, -0.05) is 35.9 Å². The molecular weight excluding hydrogens is 180 g/mol. The normalized spacial score (nSPS) is 8.71. The minimum atomic E-state index is -0.853. The summed E-state index contributed by atoms with van der Waals surface area (Å²) in [5, 5.41) is 16.0. The van der Waals surface area contributed by atoms with Gasteiger partial charge in [0.2, 0.25) is 0 Å². The predicted molar refractivity (Wildman–Crippen MR) is 55.1 cm³/mol. The van der Waals surface area contributed by atoms with Crippen LogP contribution in [0.2, 0.25) is 0 Å². The maximum atomic E-state index is 9.65. The van der Waals surface area contributed by atoms with Crippen LogP contribution < -0.4 is 0 Å². The molecule has 0 bridgehead atoms. The second-order valence-electron chi connectivity index (χ2n) is 2.88. The fraction of sp³-hybridized carbons (Fsp3) is 0.364. The Balaban J connectivity index is 0.000000241. The Kier molecular flexibility index (Phi) is 7.46. The quantitative estimate of drug-likeness (QED) is 0.775. The van der Waals surface area contributed by atoms with Crippen LogP contribution in [0.4, 0.5) is 0 Å². The third kappa shape index (κ3) is 8.74. The topological polar surface area (TPSA) is 57.5 Å². The van der Waals surface area contributed by atoms with Gasteiger partial charge in [-0.25, -0.2) is 0 Å². The Bertz CT molecular complexity index is 244. The van der Waals surface area contributed by atoms with Gasteiger partial charge in [-0.3, -0.25) is 4.79 Å². The zero-order valence-corrected chi connectivity index (χ0v) is 8.31. The number of aliphatic hydroxyl groups excluding tert-OH is 1. The van der Waals surface area contributed by atoms with Crippen molar-refractivity contribution in [3.05, 3.63) is 35.9 Å². The fourth-order valence-electron chi connectivity index (χ4n) is 0.765. The second-order valence-corrected chi connectivity index (χ2v) is 2.88. The van der Waals surface area contributed by atoms with Crippen LogP contribution in [-0.2, 0) is 4.79 Å². The van der Waals surface area contributed by atoms with E-state index in [2.05, 4.69) is 19.1 Å². The van der Waals surface area contributed by atoms with E-state index in [4.69, 9.17) is 10.2 Å². The van der Waals surface area contributed by atoms with E-state index in [1.165, 1.54) is 5.56 Å². The summed E-state index contributed by atoms with van der Waals surface area (Å²) < 4.78 is 0. The maximum Gasteiger partial charge on any atom is 0.303 e. The molecule has 3 heteroatoms. The average Bonchev–Trinajstić information content (AvgIpc) is 2.17. The van der Waals surface area contributed by atoms with E-state index in [-0.39, 0.29) is 13.0 Å². The van der Waals surface area contributed by atoms with Gasteiger partial charge >= 0.3 is 5.97 Å². The zero-order valence-electron chi connectivity index (χ0n) is 8.31. The lowest BCUT2D eigenvalue weighted by molar-refractivity contribution is -0.137. The van der Waals surface area contributed by atoms with Gasteiger partial charge in [-0.2, -0.15) is 0 Å². The van der Waals surface area contributed by atoms with E-state index in [9.17, 15) is 4.79 Å². The number of aliphatic carboxylic acids is 1. The van der Waals surface area contributed by atoms with Crippen LogP contribution in [0, 0.1) is 6.92 Å². The smallest absolute Gasteiger partial charge is 0.303 e. The minimum Gasteiger partial charge on any atom is -0.481 e. The number of hydrogen-bond donors (Lipinski definition) is 2. The summed E-state index contributed by atoms with van der Waals surface area (Å²) >= 11 is 0. The van der Waals surface area contributed by atoms with E-state index in [1.807, 2.05) is 18.2 Å². The number of aryl methyl sites for hydroxylation is 1. The van der Waals surface area contributed by atoms with Crippen molar-refractivity contribution in [3.63, 3.8) is 0 Å². The lowest BCUT2D eigenvalue weighted by atomic mass is 10.2. The summed E-state index contributed by atoms with van der Waals surface area (Å²) in [6.45, 7) is 2.05. The fourth-order valence-corrected chi connectivity index (χ4v) is 0.765. The molecule has 78 valence electrons. The molecule has 0 spiro atoms. The van der Waals surface area contributed by atoms with Gasteiger partial charge in [0.05, 0.1) is 0 Å². The summed E-state index contributed by atoms with van der Waals surface area (Å²) in [6, 6.07) is 10.3. The van der Waals surface area contributed by atoms with Crippen LogP contribution in [0.25, 0.3) is 0 Å². The lowest BCUT2D eigenvalue weighted by Crippen LogP contribution is -1.95. The number of rotatable bonds is 3. The Labute approximate surface area is 84.0 Å². The van der Waals surface area contributed by atoms with E-state index >= 15 is 0 Å². The molecule has 1 aromatic carbocycles. The highest BCUT2D eigenvalue weighted by atomic mass is 16.4. The first-order chi connectivity index (χ1) is 6.66. The molecule has 0 saturated carbocycles. The van der Waals surface area contributed by atoms with E-state index in [0.29, 0.717) is 6.42 Å². The molecule has 1 aromatic rings. The number of hydrogen-bond acceptors (Lipinski definition) is 2. The number of carbonyl (C=O) groups is 1. The van der Waals surface area contributed by atoms with E-state index < -0.39 is 5.97 Å². The van der Waals surface area contributed by atoms with Crippen LogP contribution >= 0.6 is 0 Å². The van der Waals surface area contributed by atoms with Crippen LogP contribution in [0.1, 0.15) is 18.4 Å². The first-order valence-corrected chi connectivity index (χ1v) is 4.51. The van der Waals surface area contributed by atoms with E-state index in [1.54, 1.807) is 0 Å². The third-order valence-electron chi connectivity index (χ3n) is 1.49. The molecule has 0 saturated heterocycles. The summed E-state index contributed by atoms with van der Waals surface area (Å²) in [5.41, 5.74) is 1.32. The molecule has 0 radical (unpaired) electrons. The highest BCUT2D eigenvalue weighted by Gasteiger charge is 1.91. The Hall–Kier alpha value is -1.35. The SMILES string of the molecule is Cc1ccccc1.O=C(O)CCCO. The van der Waals surface area contributed by atoms with Crippen molar-refractivity contribution in [2.75, 3.05) is 6.61 Å². The largest absolute Gasteiger partial charge is 0.481 e. The summed E-state index contributed by atoms with van der Waals surface area (Å²) in [6.07, 6.45) is 0.422. The van der Waals surface area contributed by atoms with Gasteiger partial charge in [-0.05, 0) is 13.3 Å². The lowest BCUT2D eigenvalue weighted by Gasteiger charge is -1.85. The molecule has 0 aliphatic heterocycles. The molecule has 0 amide bonds. The van der Waals surface area contributed by atoms with Crippen LogP contribution in [-0.4, -0.2) is 22.8 Å². The van der Waals surface area contributed by atoms with Crippen molar-refractivity contribution in [2.45, 2.75) is 19.8 Å². The Morgan fingerprint density at radius 3 is 2.07 bits per heavy atom. The second kappa shape index (κ2) is 8.26. The summed E-state index contributed by atoms with van der Waals surface area (Å²) in [7, 11) is 0. The van der Waals surface area contributed by atoms with Crippen molar-refractivity contribution < 1.29 is 15.0 Å². The molecule has 0 fully saturated rings. The monoisotopic (exact) mass is 196 g/mol. The maximum absolute atomic E-state index is 9.65. The predicted octanol–water partition coefficient (Wildman–Crippen LogP) is 1.84. The van der Waals surface area contributed by atoms with Gasteiger partial charge in [0.25, 0.3) is 0 Å². The molecule has 0 atom stereocenters. The zero-order chi connectivity index (χ0) is 10.8. The molecule has 0 aliphatic rings. The van der Waals surface area contributed by atoms with Gasteiger partial charge in [0, 0.05) is 13.0 Å². The first kappa shape index (κ1) is 12.7. The van der Waals surface area contributed by atoms with Crippen molar-refractivity contribution in [3.8, 4) is 0 Å². The molecular formula is C11H16O3. The molecule has 14 heavy (non-hydrogen) atoms. The summed E-state index contributed by atoms with van der Waals surface area (Å²) in [5.74, 6) is -0.853. The van der Waals surface area contributed by atoms with Crippen molar-refractivity contribution in [1.29, 1.82) is 0 Å². The standard InChI is InChI=1S/C7H8.C4H8O3/c1-7-5-3-2-4-6-7;5-3-1-2-4(6)7/h2-6H,1H3;5H,1-3H2,(H,6,7). The number of carboxylic acid groups (broad SMARTS) is 1. The van der Waals surface area contributed by atoms with Crippen molar-refractivity contribution >= 4 is 5.97 Å². The van der Waals surface area contributed by atoms with Gasteiger partial charge < -0.3 is 10.2 Å². The Morgan fingerprint density at radius 1 is 1.29 bits per heavy atom. The average molecular weight is 196 g/mol. The first-order valence-electron chi connectivity index (χ1n) is 4.51. The van der Waals surface area contributed by atoms with Crippen molar-refractivity contribution in [1.82, 2.24) is 0 Å². The molecule has 0 unspecified atom stereocenters. The van der Waals surface area contributed by atoms with Gasteiger partial charge in [0.1, 0.15) is 0 Å². The number of carboxylic acids is 1. The molecule has 0 heterocycles. The Morgan fingerprint density at radius 2 is 1.86 bits per heavy atom. The minimum absolute atomic E-state index is 0.0354. The molecule has 2 N–H and O–H groups in total. The molecule has 1 rings (SSSR count). The number of benzene rings is 1. The third-order valence-corrected chi connectivity index (χ3v) is 1.49. The van der Waals surface area contributed by atoms with Gasteiger partial charge in [-0.15, -0.1) is 0 Å².